The fourth-order valence-corrected chi connectivity index (χ4v) is 2.16. The average Bonchev–Trinajstić information content (AvgIpc) is 2.43. The highest BCUT2D eigenvalue weighted by atomic mass is 127. The third kappa shape index (κ3) is 3.83. The molecule has 2 aromatic carbocycles. The van der Waals surface area contributed by atoms with Crippen molar-refractivity contribution < 1.29 is 13.9 Å². The minimum absolute atomic E-state index is 0.337. The van der Waals surface area contributed by atoms with E-state index in [1.165, 1.54) is 18.2 Å². The summed E-state index contributed by atoms with van der Waals surface area (Å²) in [6.45, 7) is 0. The summed E-state index contributed by atoms with van der Waals surface area (Å²) in [5, 5.41) is 5.34. The van der Waals surface area contributed by atoms with Gasteiger partial charge in [0.15, 0.2) is 0 Å². The van der Waals surface area contributed by atoms with Crippen molar-refractivity contribution in [1.29, 1.82) is 0 Å². The summed E-state index contributed by atoms with van der Waals surface area (Å²) in [5.41, 5.74) is 1.19. The van der Waals surface area contributed by atoms with Gasteiger partial charge in [0.2, 0.25) is 0 Å². The van der Waals surface area contributed by atoms with Crippen molar-refractivity contribution in [3.63, 3.8) is 0 Å². The van der Waals surface area contributed by atoms with E-state index in [4.69, 9.17) is 4.74 Å². The van der Waals surface area contributed by atoms with Crippen LogP contribution in [0.1, 0.15) is 0 Å². The second-order valence-electron chi connectivity index (χ2n) is 3.93. The van der Waals surface area contributed by atoms with Crippen molar-refractivity contribution >= 4 is 40.0 Å². The van der Waals surface area contributed by atoms with Gasteiger partial charge in [-0.2, -0.15) is 0 Å². The molecule has 20 heavy (non-hydrogen) atoms. The first-order chi connectivity index (χ1) is 9.58. The zero-order valence-corrected chi connectivity index (χ0v) is 12.8. The Bertz CT molecular complexity index is 617. The van der Waals surface area contributed by atoms with Crippen molar-refractivity contribution in [2.45, 2.75) is 0 Å². The molecule has 0 radical (unpaired) electrons. The molecule has 0 heterocycles. The van der Waals surface area contributed by atoms with Gasteiger partial charge >= 0.3 is 6.03 Å². The molecule has 2 aromatic rings. The van der Waals surface area contributed by atoms with E-state index in [0.29, 0.717) is 20.7 Å². The van der Waals surface area contributed by atoms with Crippen LogP contribution in [0.3, 0.4) is 0 Å². The van der Waals surface area contributed by atoms with Crippen LogP contribution in [0.5, 0.6) is 5.75 Å². The number of carbonyl (C=O) groups is 1. The van der Waals surface area contributed by atoms with Crippen LogP contribution in [0.15, 0.2) is 42.5 Å². The Morgan fingerprint density at radius 3 is 2.45 bits per heavy atom. The summed E-state index contributed by atoms with van der Waals surface area (Å²) >= 11 is 1.96. The molecule has 0 fully saturated rings. The Kier molecular flexibility index (Phi) is 4.78. The molecule has 0 saturated carbocycles. The smallest absolute Gasteiger partial charge is 0.323 e. The van der Waals surface area contributed by atoms with Crippen LogP contribution < -0.4 is 15.4 Å². The first-order valence-corrected chi connectivity index (χ1v) is 6.83. The zero-order chi connectivity index (χ0) is 14.5. The number of carbonyl (C=O) groups excluding carboxylic acids is 1. The lowest BCUT2D eigenvalue weighted by molar-refractivity contribution is 0.262. The summed E-state index contributed by atoms with van der Waals surface area (Å²) in [4.78, 5) is 11.8. The van der Waals surface area contributed by atoms with Gasteiger partial charge in [-0.05, 0) is 65.1 Å². The first-order valence-electron chi connectivity index (χ1n) is 5.75. The van der Waals surface area contributed by atoms with E-state index in [-0.39, 0.29) is 11.8 Å². The molecule has 2 rings (SSSR count). The molecule has 2 N–H and O–H groups in total. The fraction of sp³-hybridized carbons (Fsp3) is 0.0714. The fourth-order valence-electron chi connectivity index (χ4n) is 1.55. The SMILES string of the molecule is COc1ccc(NC(=O)Nc2ccc(F)cc2I)cc1. The lowest BCUT2D eigenvalue weighted by Crippen LogP contribution is -2.20. The van der Waals surface area contributed by atoms with Crippen molar-refractivity contribution in [2.24, 2.45) is 0 Å². The number of halogens is 2. The zero-order valence-electron chi connectivity index (χ0n) is 10.6. The molecule has 6 heteroatoms. The molecule has 0 spiro atoms. The monoisotopic (exact) mass is 386 g/mol. The van der Waals surface area contributed by atoms with Gasteiger partial charge in [-0.25, -0.2) is 9.18 Å². The van der Waals surface area contributed by atoms with Gasteiger partial charge in [-0.3, -0.25) is 0 Å². The van der Waals surface area contributed by atoms with Crippen LogP contribution in [0, 0.1) is 9.39 Å². The molecule has 4 nitrogen and oxygen atoms in total. The number of rotatable bonds is 3. The molecule has 0 aliphatic carbocycles. The van der Waals surface area contributed by atoms with Gasteiger partial charge in [0.1, 0.15) is 11.6 Å². The second-order valence-corrected chi connectivity index (χ2v) is 5.09. The third-order valence-electron chi connectivity index (χ3n) is 2.53. The Morgan fingerprint density at radius 1 is 1.15 bits per heavy atom. The molecule has 0 aromatic heterocycles. The molecule has 0 saturated heterocycles. The van der Waals surface area contributed by atoms with Crippen LogP contribution in [-0.2, 0) is 0 Å². The summed E-state index contributed by atoms with van der Waals surface area (Å²) in [5.74, 6) is 0.375. The maximum Gasteiger partial charge on any atom is 0.323 e. The standard InChI is InChI=1S/C14H12FIN2O2/c1-20-11-5-3-10(4-6-11)17-14(19)18-13-7-2-9(15)8-12(13)16/h2-8H,1H3,(H2,17,18,19). The Balaban J connectivity index is 2.01. The summed E-state index contributed by atoms with van der Waals surface area (Å²) in [6, 6.07) is 10.7. The molecule has 0 aliphatic rings. The largest absolute Gasteiger partial charge is 0.497 e. The maximum absolute atomic E-state index is 13.0. The molecular weight excluding hydrogens is 374 g/mol. The van der Waals surface area contributed by atoms with Gasteiger partial charge in [-0.15, -0.1) is 0 Å². The molecule has 0 unspecified atom stereocenters. The number of hydrogen-bond donors (Lipinski definition) is 2. The van der Waals surface area contributed by atoms with E-state index in [0.717, 1.165) is 0 Å². The number of nitrogens with one attached hydrogen (secondary N) is 2. The van der Waals surface area contributed by atoms with Gasteiger partial charge < -0.3 is 15.4 Å². The number of amides is 2. The maximum atomic E-state index is 13.0. The van der Waals surface area contributed by atoms with Crippen molar-refractivity contribution in [3.05, 3.63) is 51.9 Å². The highest BCUT2D eigenvalue weighted by molar-refractivity contribution is 14.1. The van der Waals surface area contributed by atoms with E-state index in [1.54, 1.807) is 31.4 Å². The minimum atomic E-state index is -0.389. The van der Waals surface area contributed by atoms with Crippen LogP contribution in [0.4, 0.5) is 20.6 Å². The third-order valence-corrected chi connectivity index (χ3v) is 3.42. The van der Waals surface area contributed by atoms with Crippen LogP contribution >= 0.6 is 22.6 Å². The first kappa shape index (κ1) is 14.6. The van der Waals surface area contributed by atoms with Crippen molar-refractivity contribution in [1.82, 2.24) is 0 Å². The molecule has 0 aliphatic heterocycles. The summed E-state index contributed by atoms with van der Waals surface area (Å²) in [6.07, 6.45) is 0. The van der Waals surface area contributed by atoms with E-state index < -0.39 is 0 Å². The summed E-state index contributed by atoms with van der Waals surface area (Å²) in [7, 11) is 1.58. The van der Waals surface area contributed by atoms with Crippen LogP contribution in [-0.4, -0.2) is 13.1 Å². The number of benzene rings is 2. The van der Waals surface area contributed by atoms with E-state index in [1.807, 2.05) is 22.6 Å². The molecule has 0 atom stereocenters. The van der Waals surface area contributed by atoms with Gasteiger partial charge in [0, 0.05) is 9.26 Å². The Hall–Kier alpha value is -1.83. The predicted octanol–water partition coefficient (Wildman–Crippen LogP) is 4.08. The molecule has 104 valence electrons. The Morgan fingerprint density at radius 2 is 1.85 bits per heavy atom. The lowest BCUT2D eigenvalue weighted by Gasteiger charge is -2.09. The quantitative estimate of drug-likeness (QED) is 0.782. The topological polar surface area (TPSA) is 50.4 Å². The van der Waals surface area contributed by atoms with Crippen LogP contribution in [0.2, 0.25) is 0 Å². The van der Waals surface area contributed by atoms with Gasteiger partial charge in [-0.1, -0.05) is 0 Å². The molecular formula is C14H12FIN2O2. The minimum Gasteiger partial charge on any atom is -0.497 e. The highest BCUT2D eigenvalue weighted by Gasteiger charge is 2.06. The number of urea groups is 1. The average molecular weight is 386 g/mol. The summed E-state index contributed by atoms with van der Waals surface area (Å²) < 4.78 is 18.6. The highest BCUT2D eigenvalue weighted by Crippen LogP contribution is 2.20. The number of ether oxygens (including phenoxy) is 1. The van der Waals surface area contributed by atoms with E-state index in [9.17, 15) is 9.18 Å². The number of anilines is 2. The van der Waals surface area contributed by atoms with E-state index in [2.05, 4.69) is 10.6 Å². The van der Waals surface area contributed by atoms with Gasteiger partial charge in [0.05, 0.1) is 12.8 Å². The Labute approximate surface area is 129 Å². The van der Waals surface area contributed by atoms with Crippen molar-refractivity contribution in [2.75, 3.05) is 17.7 Å². The molecule has 2 amide bonds. The number of hydrogen-bond acceptors (Lipinski definition) is 2. The lowest BCUT2D eigenvalue weighted by atomic mass is 10.3. The normalized spacial score (nSPS) is 9.95. The predicted molar refractivity (Wildman–Crippen MR) is 84.8 cm³/mol. The second kappa shape index (κ2) is 6.56. The molecule has 0 bridgehead atoms. The van der Waals surface area contributed by atoms with Crippen LogP contribution in [0.25, 0.3) is 0 Å². The van der Waals surface area contributed by atoms with Gasteiger partial charge in [0.25, 0.3) is 0 Å². The number of methoxy groups -OCH3 is 1. The van der Waals surface area contributed by atoms with E-state index >= 15 is 0 Å². The van der Waals surface area contributed by atoms with Crippen molar-refractivity contribution in [3.8, 4) is 5.75 Å².